The van der Waals surface area contributed by atoms with Crippen LogP contribution >= 0.6 is 11.8 Å². The minimum Gasteiger partial charge on any atom is -0.302 e. The van der Waals surface area contributed by atoms with Gasteiger partial charge in [0.2, 0.25) is 5.82 Å². The van der Waals surface area contributed by atoms with Crippen molar-refractivity contribution < 1.29 is 0 Å². The fourth-order valence-corrected chi connectivity index (χ4v) is 4.13. The van der Waals surface area contributed by atoms with Crippen molar-refractivity contribution in [2.45, 2.75) is 44.4 Å². The van der Waals surface area contributed by atoms with Gasteiger partial charge in [-0.2, -0.15) is 4.80 Å². The fourth-order valence-electron chi connectivity index (χ4n) is 3.15. The lowest BCUT2D eigenvalue weighted by atomic mass is 10.2. The Morgan fingerprint density at radius 3 is 2.40 bits per heavy atom. The predicted molar refractivity (Wildman–Crippen MR) is 118 cm³/mol. The molecule has 0 unspecified atom stereocenters. The van der Waals surface area contributed by atoms with Gasteiger partial charge in [0.15, 0.2) is 5.16 Å². The summed E-state index contributed by atoms with van der Waals surface area (Å²) in [5.41, 5.74) is 2.26. The van der Waals surface area contributed by atoms with E-state index in [1.807, 2.05) is 43.3 Å². The lowest BCUT2D eigenvalue weighted by Crippen LogP contribution is -2.04. The van der Waals surface area contributed by atoms with Gasteiger partial charge in [-0.05, 0) is 30.5 Å². The molecule has 0 aliphatic heterocycles. The van der Waals surface area contributed by atoms with E-state index in [0.717, 1.165) is 54.6 Å². The first-order chi connectivity index (χ1) is 14.8. The maximum Gasteiger partial charge on any atom is 0.204 e. The molecule has 0 fully saturated rings. The topological polar surface area (TPSA) is 74.3 Å². The van der Waals surface area contributed by atoms with Crippen molar-refractivity contribution in [1.82, 2.24) is 35.0 Å². The molecule has 0 saturated heterocycles. The third-order valence-electron chi connectivity index (χ3n) is 4.80. The summed E-state index contributed by atoms with van der Waals surface area (Å²) in [5, 5.41) is 22.4. The Bertz CT molecular complexity index is 1040. The van der Waals surface area contributed by atoms with Crippen LogP contribution in [0.1, 0.15) is 30.7 Å². The molecule has 0 amide bonds. The van der Waals surface area contributed by atoms with E-state index in [0.29, 0.717) is 5.82 Å². The van der Waals surface area contributed by atoms with E-state index in [9.17, 15) is 0 Å². The molecule has 4 aromatic rings. The van der Waals surface area contributed by atoms with Crippen LogP contribution in [0.15, 0.2) is 65.8 Å². The zero-order valence-corrected chi connectivity index (χ0v) is 17.9. The van der Waals surface area contributed by atoms with Crippen molar-refractivity contribution in [1.29, 1.82) is 0 Å². The minimum atomic E-state index is 0.680. The van der Waals surface area contributed by atoms with E-state index in [-0.39, 0.29) is 0 Å². The first-order valence-electron chi connectivity index (χ1n) is 10.2. The van der Waals surface area contributed by atoms with Crippen LogP contribution in [0.4, 0.5) is 0 Å². The number of hydrogen-bond donors (Lipinski definition) is 0. The molecule has 2 aromatic carbocycles. The molecule has 0 N–H and O–H groups in total. The monoisotopic (exact) mass is 419 g/mol. The average Bonchev–Trinajstić information content (AvgIpc) is 3.40. The molecule has 2 heterocycles. The highest BCUT2D eigenvalue weighted by molar-refractivity contribution is 7.99. The molecule has 0 saturated carbocycles. The van der Waals surface area contributed by atoms with Gasteiger partial charge in [0.25, 0.3) is 0 Å². The Kier molecular flexibility index (Phi) is 6.87. The SMILES string of the molecule is Cc1nnc(SCCCCCn2nnc(-c3ccccc3)n2)n1Cc1ccccc1. The molecule has 30 heavy (non-hydrogen) atoms. The smallest absolute Gasteiger partial charge is 0.204 e. The summed E-state index contributed by atoms with van der Waals surface area (Å²) in [5.74, 6) is 2.65. The molecule has 4 rings (SSSR count). The highest BCUT2D eigenvalue weighted by atomic mass is 32.2. The lowest BCUT2D eigenvalue weighted by molar-refractivity contribution is 0.487. The van der Waals surface area contributed by atoms with E-state index in [2.05, 4.69) is 54.4 Å². The van der Waals surface area contributed by atoms with Gasteiger partial charge in [-0.1, -0.05) is 78.8 Å². The zero-order chi connectivity index (χ0) is 20.6. The zero-order valence-electron chi connectivity index (χ0n) is 17.1. The summed E-state index contributed by atoms with van der Waals surface area (Å²) >= 11 is 1.77. The van der Waals surface area contributed by atoms with Crippen molar-refractivity contribution in [2.75, 3.05) is 5.75 Å². The van der Waals surface area contributed by atoms with Crippen molar-refractivity contribution in [3.05, 3.63) is 72.1 Å². The molecule has 154 valence electrons. The fraction of sp³-hybridized carbons (Fsp3) is 0.318. The number of hydrogen-bond acceptors (Lipinski definition) is 6. The van der Waals surface area contributed by atoms with Crippen LogP contribution in [0.5, 0.6) is 0 Å². The van der Waals surface area contributed by atoms with Crippen LogP contribution < -0.4 is 0 Å². The van der Waals surface area contributed by atoms with Crippen LogP contribution in [-0.2, 0) is 13.1 Å². The predicted octanol–water partition coefficient (Wildman–Crippen LogP) is 4.25. The maximum atomic E-state index is 4.47. The summed E-state index contributed by atoms with van der Waals surface area (Å²) in [4.78, 5) is 1.69. The largest absolute Gasteiger partial charge is 0.302 e. The van der Waals surface area contributed by atoms with E-state index < -0.39 is 0 Å². The second-order valence-electron chi connectivity index (χ2n) is 7.09. The number of tetrazole rings is 1. The number of aryl methyl sites for hydroxylation is 2. The quantitative estimate of drug-likeness (QED) is 0.283. The first kappa shape index (κ1) is 20.3. The van der Waals surface area contributed by atoms with Crippen molar-refractivity contribution in [3.8, 4) is 11.4 Å². The molecule has 7 nitrogen and oxygen atoms in total. The molecule has 8 heteroatoms. The summed E-state index contributed by atoms with van der Waals surface area (Å²) in [6, 6.07) is 20.4. The molecule has 0 atom stereocenters. The Hall–Kier alpha value is -3.00. The summed E-state index contributed by atoms with van der Waals surface area (Å²) < 4.78 is 2.18. The van der Waals surface area contributed by atoms with E-state index in [4.69, 9.17) is 0 Å². The summed E-state index contributed by atoms with van der Waals surface area (Å²) in [6.45, 7) is 3.60. The molecule has 2 aromatic heterocycles. The Labute approximate surface area is 180 Å². The van der Waals surface area contributed by atoms with Crippen LogP contribution in [0.25, 0.3) is 11.4 Å². The number of rotatable bonds is 10. The third kappa shape index (κ3) is 5.33. The van der Waals surface area contributed by atoms with Gasteiger partial charge < -0.3 is 4.57 Å². The molecule has 0 aliphatic rings. The Balaban J connectivity index is 1.20. The van der Waals surface area contributed by atoms with E-state index in [1.165, 1.54) is 5.56 Å². The number of nitrogens with zero attached hydrogens (tertiary/aromatic N) is 7. The Morgan fingerprint density at radius 1 is 0.833 bits per heavy atom. The average molecular weight is 420 g/mol. The summed E-state index contributed by atoms with van der Waals surface area (Å²) in [6.07, 6.45) is 3.25. The van der Waals surface area contributed by atoms with Crippen LogP contribution in [0.2, 0.25) is 0 Å². The lowest BCUT2D eigenvalue weighted by Gasteiger charge is -2.08. The number of unbranched alkanes of at least 4 members (excludes halogenated alkanes) is 2. The number of thioether (sulfide) groups is 1. The third-order valence-corrected chi connectivity index (χ3v) is 5.86. The van der Waals surface area contributed by atoms with Crippen molar-refractivity contribution in [2.24, 2.45) is 0 Å². The number of benzene rings is 2. The van der Waals surface area contributed by atoms with Gasteiger partial charge in [-0.25, -0.2) is 0 Å². The van der Waals surface area contributed by atoms with Crippen LogP contribution in [-0.4, -0.2) is 40.7 Å². The van der Waals surface area contributed by atoms with Gasteiger partial charge in [0, 0.05) is 11.3 Å². The standard InChI is InChI=1S/C22H25N7S/c1-18-23-25-22(28(18)17-19-11-5-2-6-12-19)30-16-10-4-9-15-29-26-21(24-27-29)20-13-7-3-8-14-20/h2-3,5-8,11-14H,4,9-10,15-17H2,1H3. The maximum absolute atomic E-state index is 4.47. The molecule has 0 spiro atoms. The van der Waals surface area contributed by atoms with Gasteiger partial charge in [-0.3, -0.25) is 0 Å². The second-order valence-corrected chi connectivity index (χ2v) is 8.15. The Morgan fingerprint density at radius 2 is 1.60 bits per heavy atom. The highest BCUT2D eigenvalue weighted by Gasteiger charge is 2.10. The molecule has 0 radical (unpaired) electrons. The molecular formula is C22H25N7S. The molecular weight excluding hydrogens is 394 g/mol. The first-order valence-corrected chi connectivity index (χ1v) is 11.2. The van der Waals surface area contributed by atoms with Crippen molar-refractivity contribution >= 4 is 11.8 Å². The number of aromatic nitrogens is 7. The van der Waals surface area contributed by atoms with Gasteiger partial charge in [0.05, 0.1) is 13.1 Å². The van der Waals surface area contributed by atoms with Crippen molar-refractivity contribution in [3.63, 3.8) is 0 Å². The van der Waals surface area contributed by atoms with E-state index >= 15 is 0 Å². The second kappa shape index (κ2) is 10.2. The summed E-state index contributed by atoms with van der Waals surface area (Å²) in [7, 11) is 0. The minimum absolute atomic E-state index is 0.680. The van der Waals surface area contributed by atoms with Gasteiger partial charge in [0.1, 0.15) is 5.82 Å². The van der Waals surface area contributed by atoms with Gasteiger partial charge >= 0.3 is 0 Å². The molecule has 0 bridgehead atoms. The van der Waals surface area contributed by atoms with Crippen LogP contribution in [0.3, 0.4) is 0 Å². The van der Waals surface area contributed by atoms with Gasteiger partial charge in [-0.15, -0.1) is 20.4 Å². The van der Waals surface area contributed by atoms with E-state index in [1.54, 1.807) is 16.6 Å². The normalized spacial score (nSPS) is 11.1. The highest BCUT2D eigenvalue weighted by Crippen LogP contribution is 2.20. The molecule has 0 aliphatic carbocycles. The van der Waals surface area contributed by atoms with Crippen LogP contribution in [0, 0.1) is 6.92 Å².